The summed E-state index contributed by atoms with van der Waals surface area (Å²) in [6.07, 6.45) is 1.03. The molecule has 0 heterocycles. The molecule has 0 aliphatic heterocycles. The number of rotatable bonds is 8. The molecule has 0 unspecified atom stereocenters. The maximum Gasteiger partial charge on any atom is 0.239 e. The Morgan fingerprint density at radius 3 is 2.69 bits per heavy atom. The second-order valence-electron chi connectivity index (χ2n) is 3.48. The van der Waals surface area contributed by atoms with Crippen molar-refractivity contribution in [1.82, 2.24) is 10.2 Å². The first-order valence-corrected chi connectivity index (χ1v) is 5.31. The van der Waals surface area contributed by atoms with Gasteiger partial charge in [-0.3, -0.25) is 9.59 Å². The van der Waals surface area contributed by atoms with E-state index in [0.717, 1.165) is 0 Å². The van der Waals surface area contributed by atoms with Gasteiger partial charge in [0.1, 0.15) is 0 Å². The van der Waals surface area contributed by atoms with E-state index in [1.807, 2.05) is 0 Å². The molecule has 0 atom stereocenters. The van der Waals surface area contributed by atoms with Crippen molar-refractivity contribution in [2.24, 2.45) is 5.73 Å². The Bertz CT molecular complexity index is 221. The SMILES string of the molecule is COCCNC(=O)CN(C)C(=O)CCCN. The van der Waals surface area contributed by atoms with Crippen molar-refractivity contribution >= 4 is 11.8 Å². The van der Waals surface area contributed by atoms with Crippen LogP contribution in [0.3, 0.4) is 0 Å². The van der Waals surface area contributed by atoms with Crippen LogP contribution < -0.4 is 11.1 Å². The van der Waals surface area contributed by atoms with E-state index in [2.05, 4.69) is 5.32 Å². The molecule has 0 rings (SSSR count). The second-order valence-corrected chi connectivity index (χ2v) is 3.48. The van der Waals surface area contributed by atoms with E-state index < -0.39 is 0 Å². The smallest absolute Gasteiger partial charge is 0.239 e. The van der Waals surface area contributed by atoms with Crippen LogP contribution in [0.1, 0.15) is 12.8 Å². The average Bonchev–Trinajstić information content (AvgIpc) is 2.26. The van der Waals surface area contributed by atoms with Gasteiger partial charge in [0.15, 0.2) is 0 Å². The van der Waals surface area contributed by atoms with Gasteiger partial charge in [0, 0.05) is 27.1 Å². The summed E-state index contributed by atoms with van der Waals surface area (Å²) in [7, 11) is 3.17. The van der Waals surface area contributed by atoms with E-state index in [1.165, 1.54) is 4.90 Å². The topological polar surface area (TPSA) is 84.7 Å². The minimum atomic E-state index is -0.180. The van der Waals surface area contributed by atoms with Crippen LogP contribution in [0, 0.1) is 0 Å². The summed E-state index contributed by atoms with van der Waals surface area (Å²) in [4.78, 5) is 24.2. The van der Waals surface area contributed by atoms with Gasteiger partial charge in [0.2, 0.25) is 11.8 Å². The second kappa shape index (κ2) is 9.11. The van der Waals surface area contributed by atoms with Crippen LogP contribution in [0.5, 0.6) is 0 Å². The number of hydrogen-bond donors (Lipinski definition) is 2. The van der Waals surface area contributed by atoms with E-state index in [0.29, 0.717) is 32.5 Å². The molecule has 3 N–H and O–H groups in total. The highest BCUT2D eigenvalue weighted by atomic mass is 16.5. The van der Waals surface area contributed by atoms with Crippen LogP contribution in [0.15, 0.2) is 0 Å². The van der Waals surface area contributed by atoms with Crippen LogP contribution in [0.4, 0.5) is 0 Å². The number of nitrogens with zero attached hydrogens (tertiary/aromatic N) is 1. The monoisotopic (exact) mass is 231 g/mol. The molecule has 6 nitrogen and oxygen atoms in total. The first-order chi connectivity index (χ1) is 7.61. The minimum Gasteiger partial charge on any atom is -0.383 e. The van der Waals surface area contributed by atoms with Gasteiger partial charge in [-0.15, -0.1) is 0 Å². The number of nitrogens with one attached hydrogen (secondary N) is 1. The standard InChI is InChI=1S/C10H21N3O3/c1-13(10(15)4-3-5-11)8-9(14)12-6-7-16-2/h3-8,11H2,1-2H3,(H,12,14). The van der Waals surface area contributed by atoms with Crippen LogP contribution in [0.2, 0.25) is 0 Å². The molecule has 0 aromatic carbocycles. The van der Waals surface area contributed by atoms with Gasteiger partial charge < -0.3 is 20.7 Å². The molecule has 0 saturated heterocycles. The number of carbonyl (C=O) groups is 2. The molecule has 2 amide bonds. The minimum absolute atomic E-state index is 0.0626. The molecule has 94 valence electrons. The molecule has 6 heteroatoms. The van der Waals surface area contributed by atoms with Crippen molar-refractivity contribution in [2.75, 3.05) is 40.4 Å². The summed E-state index contributed by atoms with van der Waals surface area (Å²) in [5.41, 5.74) is 5.30. The summed E-state index contributed by atoms with van der Waals surface area (Å²) >= 11 is 0. The number of ether oxygens (including phenoxy) is 1. The lowest BCUT2D eigenvalue weighted by atomic mass is 10.3. The van der Waals surface area contributed by atoms with Crippen LogP contribution in [0.25, 0.3) is 0 Å². The normalized spacial score (nSPS) is 9.94. The summed E-state index contributed by atoms with van der Waals surface area (Å²) in [5.74, 6) is -0.243. The number of hydrogen-bond acceptors (Lipinski definition) is 4. The molecule has 0 aliphatic carbocycles. The molecule has 0 bridgehead atoms. The molecule has 0 saturated carbocycles. The van der Waals surface area contributed by atoms with Crippen molar-refractivity contribution in [1.29, 1.82) is 0 Å². The van der Waals surface area contributed by atoms with Gasteiger partial charge in [-0.05, 0) is 13.0 Å². The van der Waals surface area contributed by atoms with Crippen LogP contribution in [-0.4, -0.2) is 57.1 Å². The Hall–Kier alpha value is -1.14. The highest BCUT2D eigenvalue weighted by molar-refractivity contribution is 5.84. The molecule has 0 radical (unpaired) electrons. The fraction of sp³-hybridized carbons (Fsp3) is 0.800. The van der Waals surface area contributed by atoms with Gasteiger partial charge in [-0.2, -0.15) is 0 Å². The van der Waals surface area contributed by atoms with Crippen molar-refractivity contribution in [3.8, 4) is 0 Å². The molecule has 0 spiro atoms. The predicted octanol–water partition coefficient (Wildman–Crippen LogP) is -1.05. The number of carbonyl (C=O) groups excluding carboxylic acids is 2. The van der Waals surface area contributed by atoms with Gasteiger partial charge in [-0.25, -0.2) is 0 Å². The quantitative estimate of drug-likeness (QED) is 0.522. The van der Waals surface area contributed by atoms with E-state index in [4.69, 9.17) is 10.5 Å². The Labute approximate surface area is 96.1 Å². The Morgan fingerprint density at radius 2 is 2.12 bits per heavy atom. The third-order valence-corrected chi connectivity index (χ3v) is 2.03. The molecular weight excluding hydrogens is 210 g/mol. The molecule has 0 fully saturated rings. The van der Waals surface area contributed by atoms with E-state index >= 15 is 0 Å². The zero-order valence-electron chi connectivity index (χ0n) is 9.99. The van der Waals surface area contributed by atoms with Gasteiger partial charge in [0.05, 0.1) is 13.2 Å². The first kappa shape index (κ1) is 14.9. The summed E-state index contributed by atoms with van der Waals surface area (Å²) in [6, 6.07) is 0. The molecule has 0 aliphatic rings. The van der Waals surface area contributed by atoms with Crippen LogP contribution >= 0.6 is 0 Å². The third-order valence-electron chi connectivity index (χ3n) is 2.03. The van der Waals surface area contributed by atoms with E-state index in [9.17, 15) is 9.59 Å². The van der Waals surface area contributed by atoms with Crippen molar-refractivity contribution < 1.29 is 14.3 Å². The fourth-order valence-electron chi connectivity index (χ4n) is 1.10. The van der Waals surface area contributed by atoms with Crippen LogP contribution in [-0.2, 0) is 14.3 Å². The van der Waals surface area contributed by atoms with Gasteiger partial charge in [-0.1, -0.05) is 0 Å². The average molecular weight is 231 g/mol. The highest BCUT2D eigenvalue weighted by Gasteiger charge is 2.11. The Kier molecular flexibility index (Phi) is 8.46. The molecular formula is C10H21N3O3. The lowest BCUT2D eigenvalue weighted by Crippen LogP contribution is -2.39. The van der Waals surface area contributed by atoms with E-state index in [1.54, 1.807) is 14.2 Å². The third kappa shape index (κ3) is 7.19. The summed E-state index contributed by atoms with van der Waals surface area (Å²) < 4.78 is 4.79. The van der Waals surface area contributed by atoms with E-state index in [-0.39, 0.29) is 18.4 Å². The summed E-state index contributed by atoms with van der Waals surface area (Å²) in [5, 5.41) is 2.64. The largest absolute Gasteiger partial charge is 0.383 e. The maximum atomic E-state index is 11.4. The zero-order valence-corrected chi connectivity index (χ0v) is 9.99. The zero-order chi connectivity index (χ0) is 12.4. The molecule has 0 aromatic rings. The number of amides is 2. The number of methoxy groups -OCH3 is 1. The lowest BCUT2D eigenvalue weighted by molar-refractivity contribution is -0.134. The Balaban J connectivity index is 3.71. The van der Waals surface area contributed by atoms with Crippen molar-refractivity contribution in [3.05, 3.63) is 0 Å². The van der Waals surface area contributed by atoms with Crippen molar-refractivity contribution in [2.45, 2.75) is 12.8 Å². The fourth-order valence-corrected chi connectivity index (χ4v) is 1.10. The van der Waals surface area contributed by atoms with Crippen molar-refractivity contribution in [3.63, 3.8) is 0 Å². The predicted molar refractivity (Wildman–Crippen MR) is 60.8 cm³/mol. The van der Waals surface area contributed by atoms with Gasteiger partial charge in [0.25, 0.3) is 0 Å². The van der Waals surface area contributed by atoms with Gasteiger partial charge >= 0.3 is 0 Å². The summed E-state index contributed by atoms with van der Waals surface area (Å²) in [6.45, 7) is 1.49. The molecule has 0 aromatic heterocycles. The number of likely N-dealkylation sites (N-methyl/N-ethyl adjacent to an activating group) is 1. The highest BCUT2D eigenvalue weighted by Crippen LogP contribution is 1.93. The Morgan fingerprint density at radius 1 is 1.44 bits per heavy atom. The maximum absolute atomic E-state index is 11.4. The number of nitrogens with two attached hydrogens (primary N) is 1. The first-order valence-electron chi connectivity index (χ1n) is 5.31. The lowest BCUT2D eigenvalue weighted by Gasteiger charge is -2.16. The molecule has 16 heavy (non-hydrogen) atoms.